The van der Waals surface area contributed by atoms with Crippen LogP contribution in [-0.2, 0) is 35.8 Å². The van der Waals surface area contributed by atoms with E-state index in [2.05, 4.69) is 4.74 Å². The highest BCUT2D eigenvalue weighted by Gasteiger charge is 2.34. The van der Waals surface area contributed by atoms with Crippen LogP contribution in [-0.4, -0.2) is 41.4 Å². The van der Waals surface area contributed by atoms with Crippen LogP contribution in [0.15, 0.2) is 65.6 Å². The van der Waals surface area contributed by atoms with Gasteiger partial charge in [0.05, 0.1) is 29.5 Å². The Morgan fingerprint density at radius 2 is 1.55 bits per heavy atom. The molecule has 0 unspecified atom stereocenters. The molecule has 0 heterocycles. The third kappa shape index (κ3) is 6.86. The summed E-state index contributed by atoms with van der Waals surface area (Å²) in [5.41, 5.74) is -0.374. The van der Waals surface area contributed by atoms with Crippen molar-refractivity contribution in [3.05, 3.63) is 94.3 Å². The zero-order chi connectivity index (χ0) is 28.3. The van der Waals surface area contributed by atoms with E-state index >= 15 is 0 Å². The molecule has 0 aliphatic carbocycles. The summed E-state index contributed by atoms with van der Waals surface area (Å²) in [4.78, 5) is 11.2. The van der Waals surface area contributed by atoms with Crippen LogP contribution < -0.4 is 4.31 Å². The predicted molar refractivity (Wildman–Crippen MR) is 137 cm³/mol. The van der Waals surface area contributed by atoms with Gasteiger partial charge in [-0.25, -0.2) is 30.0 Å². The van der Waals surface area contributed by atoms with E-state index in [0.29, 0.717) is 10.4 Å². The molecule has 3 aromatic carbocycles. The van der Waals surface area contributed by atoms with Crippen LogP contribution in [0.4, 0.5) is 18.9 Å². The molecule has 0 spiro atoms. The van der Waals surface area contributed by atoms with Crippen molar-refractivity contribution in [3.63, 3.8) is 0 Å². The third-order valence-corrected chi connectivity index (χ3v) is 9.32. The number of sulfonamides is 1. The molecule has 0 radical (unpaired) electrons. The first kappa shape index (κ1) is 29.5. The summed E-state index contributed by atoms with van der Waals surface area (Å²) >= 11 is 5.88. The molecule has 1 atom stereocenters. The Kier molecular flexibility index (Phi) is 9.11. The van der Waals surface area contributed by atoms with Crippen LogP contribution in [0.1, 0.15) is 24.1 Å². The smallest absolute Gasteiger partial charge is 0.320 e. The first-order valence-electron chi connectivity index (χ1n) is 11.1. The van der Waals surface area contributed by atoms with E-state index in [1.165, 1.54) is 37.3 Å². The van der Waals surface area contributed by atoms with E-state index in [1.54, 1.807) is 0 Å². The Morgan fingerprint density at radius 1 is 0.947 bits per heavy atom. The number of aryl methyl sites for hydroxylation is 1. The number of methoxy groups -OCH3 is 1. The monoisotopic (exact) mass is 589 g/mol. The van der Waals surface area contributed by atoms with E-state index in [4.69, 9.17) is 11.6 Å². The summed E-state index contributed by atoms with van der Waals surface area (Å²) in [5.74, 6) is -5.12. The number of sulfone groups is 1. The minimum Gasteiger partial charge on any atom is -0.468 e. The van der Waals surface area contributed by atoms with Crippen molar-refractivity contribution in [3.8, 4) is 0 Å². The molecule has 0 aliphatic heterocycles. The lowest BCUT2D eigenvalue weighted by atomic mass is 9.99. The quantitative estimate of drug-likeness (QED) is 0.314. The summed E-state index contributed by atoms with van der Waals surface area (Å²) in [7, 11) is -7.48. The summed E-state index contributed by atoms with van der Waals surface area (Å²) in [5, 5.41) is 0.245. The molecule has 0 amide bonds. The van der Waals surface area contributed by atoms with Gasteiger partial charge in [0.2, 0.25) is 0 Å². The largest absolute Gasteiger partial charge is 0.468 e. The predicted octanol–water partition coefficient (Wildman–Crippen LogP) is 4.84. The molecular formula is C25H23ClF3NO6S2. The molecule has 0 fully saturated rings. The van der Waals surface area contributed by atoms with Gasteiger partial charge < -0.3 is 4.74 Å². The molecule has 204 valence electrons. The Balaban J connectivity index is 2.13. The number of nitrogens with zero attached hydrogens (tertiary/aromatic N) is 1. The Labute approximate surface area is 223 Å². The highest BCUT2D eigenvalue weighted by Crippen LogP contribution is 2.37. The van der Waals surface area contributed by atoms with Crippen molar-refractivity contribution in [1.29, 1.82) is 0 Å². The van der Waals surface area contributed by atoms with Crippen LogP contribution in [0.5, 0.6) is 0 Å². The molecule has 3 rings (SSSR count). The Hall–Kier alpha value is -3.09. The molecular weight excluding hydrogens is 567 g/mol. The Bertz CT molecular complexity index is 1550. The lowest BCUT2D eigenvalue weighted by Gasteiger charge is -2.32. The molecule has 0 N–H and O–H groups in total. The van der Waals surface area contributed by atoms with Crippen molar-refractivity contribution < 1.29 is 39.5 Å². The zero-order valence-corrected chi connectivity index (χ0v) is 22.6. The topological polar surface area (TPSA) is 97.8 Å². The molecule has 13 heteroatoms. The molecule has 0 aromatic heterocycles. The maximum atomic E-state index is 15.0. The first-order valence-corrected chi connectivity index (χ1v) is 14.7. The summed E-state index contributed by atoms with van der Waals surface area (Å²) in [6.45, 7) is 1.37. The number of esters is 1. The highest BCUT2D eigenvalue weighted by atomic mass is 35.5. The summed E-state index contributed by atoms with van der Waals surface area (Å²) in [6, 6.07) is 9.36. The van der Waals surface area contributed by atoms with Crippen molar-refractivity contribution >= 4 is 43.1 Å². The van der Waals surface area contributed by atoms with Crippen LogP contribution in [0.3, 0.4) is 0 Å². The second-order valence-electron chi connectivity index (χ2n) is 8.29. The van der Waals surface area contributed by atoms with Gasteiger partial charge in [-0.05, 0) is 73.0 Å². The maximum Gasteiger partial charge on any atom is 0.320 e. The lowest BCUT2D eigenvalue weighted by Crippen LogP contribution is -2.35. The van der Waals surface area contributed by atoms with Gasteiger partial charge in [-0.3, -0.25) is 9.10 Å². The summed E-state index contributed by atoms with van der Waals surface area (Å²) < 4.78 is 101. The van der Waals surface area contributed by atoms with Gasteiger partial charge in [0, 0.05) is 11.1 Å². The third-order valence-electron chi connectivity index (χ3n) is 5.67. The molecule has 0 bridgehead atoms. The van der Waals surface area contributed by atoms with Gasteiger partial charge >= 0.3 is 5.97 Å². The minimum atomic E-state index is -4.55. The number of carbonyl (C=O) groups excluding carboxylic acids is 1. The SMILES string of the molecule is COC(=O)CS(=O)(=O)CCc1cc(F)ccc1[C@@H](C)N(c1cc(F)ccc1F)S(=O)(=O)c1ccc(Cl)cc1. The molecule has 3 aromatic rings. The van der Waals surface area contributed by atoms with Gasteiger partial charge in [0.25, 0.3) is 10.0 Å². The maximum absolute atomic E-state index is 15.0. The van der Waals surface area contributed by atoms with E-state index < -0.39 is 66.5 Å². The number of carbonyl (C=O) groups is 1. The number of ether oxygens (including phenoxy) is 1. The van der Waals surface area contributed by atoms with Crippen LogP contribution >= 0.6 is 11.6 Å². The standard InChI is InChI=1S/C25H23ClF3NO6S2/c1-16(22-9-5-19(27)13-17(22)11-12-37(32,33)15-25(31)36-2)30(24-14-20(28)6-10-23(24)29)38(34,35)21-7-3-18(26)4-8-21/h3-10,13-14,16H,11-12,15H2,1-2H3/t16-/m1/s1. The minimum absolute atomic E-state index is 0.0964. The average Bonchev–Trinajstić information content (AvgIpc) is 2.85. The molecule has 7 nitrogen and oxygen atoms in total. The number of rotatable bonds is 10. The van der Waals surface area contributed by atoms with Gasteiger partial charge in [-0.15, -0.1) is 0 Å². The van der Waals surface area contributed by atoms with Crippen molar-refractivity contribution in [2.24, 2.45) is 0 Å². The first-order chi connectivity index (χ1) is 17.7. The normalized spacial score (nSPS) is 12.7. The van der Waals surface area contributed by atoms with Gasteiger partial charge in [0.15, 0.2) is 9.84 Å². The zero-order valence-electron chi connectivity index (χ0n) is 20.2. The second-order valence-corrected chi connectivity index (χ2v) is 12.7. The molecule has 0 saturated carbocycles. The van der Waals surface area contributed by atoms with Crippen LogP contribution in [0.2, 0.25) is 5.02 Å². The molecule has 0 saturated heterocycles. The van der Waals surface area contributed by atoms with Crippen molar-refractivity contribution in [2.75, 3.05) is 22.9 Å². The fourth-order valence-corrected chi connectivity index (χ4v) is 6.74. The number of benzene rings is 3. The van der Waals surface area contributed by atoms with Gasteiger partial charge in [0.1, 0.15) is 23.2 Å². The Morgan fingerprint density at radius 3 is 2.18 bits per heavy atom. The van der Waals surface area contributed by atoms with Crippen molar-refractivity contribution in [2.45, 2.75) is 24.3 Å². The van der Waals surface area contributed by atoms with Crippen molar-refractivity contribution in [1.82, 2.24) is 0 Å². The van der Waals surface area contributed by atoms with Crippen LogP contribution in [0.25, 0.3) is 0 Å². The average molecular weight is 590 g/mol. The molecule has 38 heavy (non-hydrogen) atoms. The summed E-state index contributed by atoms with van der Waals surface area (Å²) in [6.07, 6.45) is -0.294. The number of anilines is 1. The second kappa shape index (κ2) is 11.7. The fourth-order valence-electron chi connectivity index (χ4n) is 3.82. The number of halogens is 4. The van der Waals surface area contributed by atoms with Crippen LogP contribution in [0, 0.1) is 17.5 Å². The van der Waals surface area contributed by atoms with E-state index in [0.717, 1.165) is 31.4 Å². The van der Waals surface area contributed by atoms with Gasteiger partial charge in [-0.2, -0.15) is 0 Å². The fraction of sp³-hybridized carbons (Fsp3) is 0.240. The molecule has 0 aliphatic rings. The van der Waals surface area contributed by atoms with E-state index in [9.17, 15) is 34.8 Å². The highest BCUT2D eigenvalue weighted by molar-refractivity contribution is 7.93. The van der Waals surface area contributed by atoms with E-state index in [1.807, 2.05) is 0 Å². The van der Waals surface area contributed by atoms with E-state index in [-0.39, 0.29) is 27.5 Å². The lowest BCUT2D eigenvalue weighted by molar-refractivity contribution is -0.137. The number of hydrogen-bond donors (Lipinski definition) is 0. The van der Waals surface area contributed by atoms with Gasteiger partial charge in [-0.1, -0.05) is 17.7 Å². The number of hydrogen-bond acceptors (Lipinski definition) is 6.